The third-order valence-corrected chi connectivity index (χ3v) is 7.42. The minimum atomic E-state index is -3.70. The van der Waals surface area contributed by atoms with Gasteiger partial charge in [-0.05, 0) is 31.2 Å². The first-order valence-corrected chi connectivity index (χ1v) is 11.4. The number of hydrogen-bond donors (Lipinski definition) is 1. The van der Waals surface area contributed by atoms with E-state index < -0.39 is 15.9 Å². The molecule has 2 heterocycles. The van der Waals surface area contributed by atoms with Gasteiger partial charge >= 0.3 is 0 Å². The molecule has 1 fully saturated rings. The number of anilines is 2. The third kappa shape index (κ3) is 4.50. The first kappa shape index (κ1) is 20.7. The van der Waals surface area contributed by atoms with Gasteiger partial charge in [0, 0.05) is 45.0 Å². The zero-order valence-corrected chi connectivity index (χ0v) is 18.1. The number of rotatable bonds is 8. The molecule has 1 aliphatic rings. The van der Waals surface area contributed by atoms with Crippen LogP contribution in [0.5, 0.6) is 0 Å². The maximum absolute atomic E-state index is 13.0. The SMILES string of the molecule is CCc1cnc(NC(=O)c2cc(S(=O)(=O)N(C)C)cnc2N(C)CC2CC2)s1. The van der Waals surface area contributed by atoms with Crippen molar-refractivity contribution in [2.75, 3.05) is 37.9 Å². The van der Waals surface area contributed by atoms with Crippen LogP contribution in [0.4, 0.5) is 10.9 Å². The largest absolute Gasteiger partial charge is 0.359 e. The van der Waals surface area contributed by atoms with E-state index in [1.54, 1.807) is 6.20 Å². The summed E-state index contributed by atoms with van der Waals surface area (Å²) in [6.45, 7) is 2.80. The summed E-state index contributed by atoms with van der Waals surface area (Å²) >= 11 is 1.40. The monoisotopic (exact) mass is 423 g/mol. The number of nitrogens with one attached hydrogen (secondary N) is 1. The van der Waals surface area contributed by atoms with Crippen LogP contribution in [0.2, 0.25) is 0 Å². The number of hydrogen-bond acceptors (Lipinski definition) is 7. The predicted octanol–water partition coefficient (Wildman–Crippen LogP) is 2.45. The number of aryl methyl sites for hydroxylation is 1. The third-order valence-electron chi connectivity index (χ3n) is 4.58. The molecular weight excluding hydrogens is 398 g/mol. The second-order valence-corrected chi connectivity index (χ2v) is 10.4. The second-order valence-electron chi connectivity index (χ2n) is 7.09. The van der Waals surface area contributed by atoms with E-state index in [-0.39, 0.29) is 10.5 Å². The van der Waals surface area contributed by atoms with E-state index in [1.165, 1.54) is 37.7 Å². The van der Waals surface area contributed by atoms with Gasteiger partial charge in [0.25, 0.3) is 5.91 Å². The number of amides is 1. The van der Waals surface area contributed by atoms with Gasteiger partial charge in [0.15, 0.2) is 5.13 Å². The van der Waals surface area contributed by atoms with Gasteiger partial charge in [0.1, 0.15) is 10.7 Å². The van der Waals surface area contributed by atoms with E-state index in [9.17, 15) is 13.2 Å². The van der Waals surface area contributed by atoms with Crippen molar-refractivity contribution in [3.05, 3.63) is 28.9 Å². The molecule has 0 atom stereocenters. The van der Waals surface area contributed by atoms with Crippen molar-refractivity contribution in [2.45, 2.75) is 31.1 Å². The molecule has 0 bridgehead atoms. The van der Waals surface area contributed by atoms with Crippen LogP contribution >= 0.6 is 11.3 Å². The van der Waals surface area contributed by atoms with Gasteiger partial charge in [-0.3, -0.25) is 10.1 Å². The molecule has 3 rings (SSSR count). The van der Waals surface area contributed by atoms with Crippen molar-refractivity contribution in [3.63, 3.8) is 0 Å². The standard InChI is InChI=1S/C18H25N5O3S2/c1-5-13-9-20-18(27-13)21-17(24)15-8-14(28(25,26)22(2)3)10-19-16(15)23(4)11-12-6-7-12/h8-10,12H,5-7,11H2,1-4H3,(H,20,21,24). The van der Waals surface area contributed by atoms with Crippen molar-refractivity contribution in [2.24, 2.45) is 5.92 Å². The normalized spacial score (nSPS) is 14.3. The first-order valence-electron chi connectivity index (χ1n) is 9.12. The zero-order chi connectivity index (χ0) is 20.5. The van der Waals surface area contributed by atoms with E-state index in [0.29, 0.717) is 16.9 Å². The number of nitrogens with zero attached hydrogens (tertiary/aromatic N) is 4. The molecule has 2 aromatic rings. The van der Waals surface area contributed by atoms with Crippen LogP contribution in [-0.2, 0) is 16.4 Å². The lowest BCUT2D eigenvalue weighted by Crippen LogP contribution is -2.27. The molecule has 1 amide bonds. The Kier molecular flexibility index (Phi) is 6.01. The minimum Gasteiger partial charge on any atom is -0.359 e. The quantitative estimate of drug-likeness (QED) is 0.701. The molecule has 0 radical (unpaired) electrons. The fourth-order valence-electron chi connectivity index (χ4n) is 2.73. The molecule has 0 unspecified atom stereocenters. The summed E-state index contributed by atoms with van der Waals surface area (Å²) < 4.78 is 26.1. The average molecular weight is 424 g/mol. The van der Waals surface area contributed by atoms with Crippen LogP contribution in [0.1, 0.15) is 35.0 Å². The summed E-state index contributed by atoms with van der Waals surface area (Å²) in [6.07, 6.45) is 6.20. The number of thiazole rings is 1. The molecule has 1 N–H and O–H groups in total. The van der Waals surface area contributed by atoms with Crippen molar-refractivity contribution < 1.29 is 13.2 Å². The maximum atomic E-state index is 13.0. The van der Waals surface area contributed by atoms with E-state index in [1.807, 2.05) is 18.9 Å². The smallest absolute Gasteiger partial charge is 0.261 e. The van der Waals surface area contributed by atoms with Gasteiger partial charge in [0.2, 0.25) is 10.0 Å². The molecule has 0 spiro atoms. The van der Waals surface area contributed by atoms with E-state index in [4.69, 9.17) is 0 Å². The maximum Gasteiger partial charge on any atom is 0.261 e. The Balaban J connectivity index is 1.96. The summed E-state index contributed by atoms with van der Waals surface area (Å²) in [6, 6.07) is 1.39. The van der Waals surface area contributed by atoms with Crippen LogP contribution in [-0.4, -0.2) is 56.3 Å². The number of pyridine rings is 1. The summed E-state index contributed by atoms with van der Waals surface area (Å²) in [4.78, 5) is 24.5. The van der Waals surface area contributed by atoms with Crippen LogP contribution < -0.4 is 10.2 Å². The Hall–Kier alpha value is -2.04. The van der Waals surface area contributed by atoms with Gasteiger partial charge in [-0.1, -0.05) is 6.92 Å². The Labute approximate surface area is 169 Å². The lowest BCUT2D eigenvalue weighted by molar-refractivity contribution is 0.102. The van der Waals surface area contributed by atoms with Crippen molar-refractivity contribution in [3.8, 4) is 0 Å². The Morgan fingerprint density at radius 2 is 1.96 bits per heavy atom. The summed E-state index contributed by atoms with van der Waals surface area (Å²) in [5.74, 6) is 0.645. The predicted molar refractivity (Wildman–Crippen MR) is 111 cm³/mol. The molecule has 0 aliphatic heterocycles. The average Bonchev–Trinajstić information content (AvgIpc) is 3.36. The Morgan fingerprint density at radius 1 is 1.25 bits per heavy atom. The number of carbonyl (C=O) groups is 1. The number of aromatic nitrogens is 2. The molecular formula is C18H25N5O3S2. The van der Waals surface area contributed by atoms with Crippen molar-refractivity contribution >= 4 is 38.2 Å². The summed E-state index contributed by atoms with van der Waals surface area (Å²) in [7, 11) is 1.07. The Morgan fingerprint density at radius 3 is 2.54 bits per heavy atom. The highest BCUT2D eigenvalue weighted by atomic mass is 32.2. The molecule has 0 aromatic carbocycles. The number of carbonyl (C=O) groups excluding carboxylic acids is 1. The van der Waals surface area contributed by atoms with Gasteiger partial charge in [-0.15, -0.1) is 11.3 Å². The fraction of sp³-hybridized carbons (Fsp3) is 0.500. The highest BCUT2D eigenvalue weighted by Gasteiger charge is 2.27. The summed E-state index contributed by atoms with van der Waals surface area (Å²) in [5.41, 5.74) is 0.222. The second kappa shape index (κ2) is 8.14. The highest BCUT2D eigenvalue weighted by Crippen LogP contribution is 2.32. The molecule has 152 valence electrons. The number of sulfonamides is 1. The molecule has 10 heteroatoms. The van der Waals surface area contributed by atoms with E-state index in [2.05, 4.69) is 15.3 Å². The first-order chi connectivity index (χ1) is 13.2. The zero-order valence-electron chi connectivity index (χ0n) is 16.5. The highest BCUT2D eigenvalue weighted by molar-refractivity contribution is 7.89. The Bertz CT molecular complexity index is 967. The minimum absolute atomic E-state index is 0.0143. The molecule has 28 heavy (non-hydrogen) atoms. The van der Waals surface area contributed by atoms with Crippen LogP contribution in [0.25, 0.3) is 0 Å². The van der Waals surface area contributed by atoms with Gasteiger partial charge < -0.3 is 4.90 Å². The lowest BCUT2D eigenvalue weighted by atomic mass is 10.2. The van der Waals surface area contributed by atoms with Gasteiger partial charge in [-0.25, -0.2) is 22.7 Å². The van der Waals surface area contributed by atoms with Gasteiger partial charge in [0.05, 0.1) is 5.56 Å². The lowest BCUT2D eigenvalue weighted by Gasteiger charge is -2.21. The topological polar surface area (TPSA) is 95.5 Å². The van der Waals surface area contributed by atoms with E-state index in [0.717, 1.165) is 35.0 Å². The van der Waals surface area contributed by atoms with Crippen molar-refractivity contribution in [1.82, 2.24) is 14.3 Å². The summed E-state index contributed by atoms with van der Waals surface area (Å²) in [5, 5.41) is 3.26. The van der Waals surface area contributed by atoms with Crippen molar-refractivity contribution in [1.29, 1.82) is 0 Å². The molecule has 2 aromatic heterocycles. The van der Waals surface area contributed by atoms with Crippen LogP contribution in [0, 0.1) is 5.92 Å². The van der Waals surface area contributed by atoms with Crippen LogP contribution in [0.3, 0.4) is 0 Å². The molecule has 0 saturated heterocycles. The molecule has 1 saturated carbocycles. The van der Waals surface area contributed by atoms with Crippen LogP contribution in [0.15, 0.2) is 23.4 Å². The fourth-order valence-corrected chi connectivity index (χ4v) is 4.35. The molecule has 1 aliphatic carbocycles. The van der Waals surface area contributed by atoms with E-state index >= 15 is 0 Å². The molecule has 8 nitrogen and oxygen atoms in total. The van der Waals surface area contributed by atoms with Gasteiger partial charge in [-0.2, -0.15) is 0 Å².